The largest absolute Gasteiger partial charge is 0.479 e. The van der Waals surface area contributed by atoms with Gasteiger partial charge in [0.2, 0.25) is 5.91 Å². The van der Waals surface area contributed by atoms with Crippen molar-refractivity contribution in [3.63, 3.8) is 0 Å². The van der Waals surface area contributed by atoms with Gasteiger partial charge < -0.3 is 15.0 Å². The molecule has 0 aliphatic carbocycles. The molecule has 0 unspecified atom stereocenters. The summed E-state index contributed by atoms with van der Waals surface area (Å²) in [6.07, 6.45) is -0.202. The number of halogens is 1. The molecule has 1 aliphatic rings. The molecular weight excluding hydrogens is 339 g/mol. The first-order valence-corrected chi connectivity index (χ1v) is 8.07. The highest BCUT2D eigenvalue weighted by atomic mass is 19.1. The molecule has 1 aliphatic heterocycles. The van der Waals surface area contributed by atoms with E-state index in [0.717, 1.165) is 0 Å². The van der Waals surface area contributed by atoms with E-state index in [4.69, 9.17) is 4.74 Å². The Kier molecular flexibility index (Phi) is 4.97. The van der Waals surface area contributed by atoms with Crippen molar-refractivity contribution >= 4 is 29.0 Å². The number of Topliss-reactive ketones (excluding diaryl/α,β-unsaturated/α-hetero) is 1. The number of carbonyl (C=O) groups excluding carboxylic acids is 3. The number of rotatable bonds is 5. The third-order valence-electron chi connectivity index (χ3n) is 4.10. The maximum absolute atomic E-state index is 13.6. The zero-order valence-corrected chi connectivity index (χ0v) is 14.1. The predicted molar refractivity (Wildman–Crippen MR) is 93.9 cm³/mol. The topological polar surface area (TPSA) is 75.7 Å². The van der Waals surface area contributed by atoms with E-state index in [1.165, 1.54) is 23.1 Å². The lowest BCUT2D eigenvalue weighted by Gasteiger charge is -2.27. The van der Waals surface area contributed by atoms with Crippen molar-refractivity contribution in [1.82, 2.24) is 0 Å². The zero-order chi connectivity index (χ0) is 18.7. The van der Waals surface area contributed by atoms with Crippen molar-refractivity contribution in [2.45, 2.75) is 12.8 Å². The fourth-order valence-electron chi connectivity index (χ4n) is 2.67. The number of carbonyl (C=O) groups is 3. The molecule has 0 radical (unpaired) electrons. The van der Waals surface area contributed by atoms with Crippen LogP contribution in [0.4, 0.5) is 15.8 Å². The second-order valence-corrected chi connectivity index (χ2v) is 5.85. The van der Waals surface area contributed by atoms with Gasteiger partial charge in [0.15, 0.2) is 18.1 Å². The Balaban J connectivity index is 1.65. The summed E-state index contributed by atoms with van der Waals surface area (Å²) in [6, 6.07) is 10.7. The number of ketones is 1. The van der Waals surface area contributed by atoms with E-state index in [1.807, 2.05) is 0 Å². The number of likely N-dealkylation sites (N-methyl/N-ethyl adjacent to an activating group) is 1. The average molecular weight is 356 g/mol. The smallest absolute Gasteiger partial charge is 0.264 e. The number of nitrogens with zero attached hydrogens (tertiary/aromatic N) is 1. The summed E-state index contributed by atoms with van der Waals surface area (Å²) in [5, 5.41) is 2.68. The van der Waals surface area contributed by atoms with Gasteiger partial charge in [-0.15, -0.1) is 0 Å². The molecule has 134 valence electrons. The van der Waals surface area contributed by atoms with Crippen LogP contribution in [-0.4, -0.2) is 31.3 Å². The van der Waals surface area contributed by atoms with Gasteiger partial charge in [0.1, 0.15) is 5.82 Å². The molecule has 1 N–H and O–H groups in total. The van der Waals surface area contributed by atoms with Crippen LogP contribution >= 0.6 is 0 Å². The first-order chi connectivity index (χ1) is 12.5. The number of benzene rings is 2. The average Bonchev–Trinajstić information content (AvgIpc) is 2.63. The van der Waals surface area contributed by atoms with Crippen molar-refractivity contribution in [3.05, 3.63) is 53.8 Å². The maximum atomic E-state index is 13.6. The van der Waals surface area contributed by atoms with Crippen LogP contribution < -0.4 is 15.0 Å². The van der Waals surface area contributed by atoms with E-state index < -0.39 is 17.5 Å². The molecule has 0 saturated carbocycles. The molecule has 1 heterocycles. The molecule has 6 nitrogen and oxygen atoms in total. The summed E-state index contributed by atoms with van der Waals surface area (Å²) in [4.78, 5) is 37.3. The molecule has 2 amide bonds. The summed E-state index contributed by atoms with van der Waals surface area (Å²) in [5.74, 6) is -1.21. The SMILES string of the molecule is CN1C(=O)COc2c(NC(=O)CCC(=O)c3ccccc3F)cccc21. The first-order valence-electron chi connectivity index (χ1n) is 8.07. The monoisotopic (exact) mass is 356 g/mol. The Morgan fingerprint density at radius 1 is 1.15 bits per heavy atom. The van der Waals surface area contributed by atoms with Gasteiger partial charge >= 0.3 is 0 Å². The van der Waals surface area contributed by atoms with Gasteiger partial charge in [-0.1, -0.05) is 18.2 Å². The van der Waals surface area contributed by atoms with Gasteiger partial charge in [-0.2, -0.15) is 0 Å². The minimum atomic E-state index is -0.601. The number of para-hydroxylation sites is 1. The summed E-state index contributed by atoms with van der Waals surface area (Å²) in [7, 11) is 1.63. The van der Waals surface area contributed by atoms with Crippen molar-refractivity contribution in [1.29, 1.82) is 0 Å². The van der Waals surface area contributed by atoms with Crippen LogP contribution in [0.1, 0.15) is 23.2 Å². The number of nitrogens with one attached hydrogen (secondary N) is 1. The number of hydrogen-bond donors (Lipinski definition) is 1. The van der Waals surface area contributed by atoms with Gasteiger partial charge in [-0.25, -0.2) is 4.39 Å². The van der Waals surface area contributed by atoms with Gasteiger partial charge in [-0.05, 0) is 24.3 Å². The van der Waals surface area contributed by atoms with E-state index in [1.54, 1.807) is 31.3 Å². The Hall–Kier alpha value is -3.22. The highest BCUT2D eigenvalue weighted by molar-refractivity contribution is 6.03. The second kappa shape index (κ2) is 7.35. The molecule has 0 atom stereocenters. The number of hydrogen-bond acceptors (Lipinski definition) is 4. The van der Waals surface area contributed by atoms with Crippen molar-refractivity contribution in [2.24, 2.45) is 0 Å². The summed E-state index contributed by atoms with van der Waals surface area (Å²) >= 11 is 0. The van der Waals surface area contributed by atoms with Crippen LogP contribution in [0.25, 0.3) is 0 Å². The standard InChI is InChI=1S/C19H17FN2O4/c1-22-15-8-4-7-14(19(15)26-11-18(22)25)21-17(24)10-9-16(23)12-5-2-3-6-13(12)20/h2-8H,9-11H2,1H3,(H,21,24). The van der Waals surface area contributed by atoms with E-state index in [2.05, 4.69) is 5.32 Å². The molecule has 0 bridgehead atoms. The van der Waals surface area contributed by atoms with Crippen molar-refractivity contribution < 1.29 is 23.5 Å². The second-order valence-electron chi connectivity index (χ2n) is 5.85. The zero-order valence-electron chi connectivity index (χ0n) is 14.1. The maximum Gasteiger partial charge on any atom is 0.264 e. The van der Waals surface area contributed by atoms with Gasteiger partial charge in [0.25, 0.3) is 5.91 Å². The summed E-state index contributed by atoms with van der Waals surface area (Å²) in [6.45, 7) is -0.109. The molecule has 2 aromatic carbocycles. The molecular formula is C19H17FN2O4. The Bertz CT molecular complexity index is 882. The number of amides is 2. The third-order valence-corrected chi connectivity index (χ3v) is 4.10. The lowest BCUT2D eigenvalue weighted by Crippen LogP contribution is -2.35. The van der Waals surface area contributed by atoms with Crippen LogP contribution in [0, 0.1) is 5.82 Å². The summed E-state index contributed by atoms with van der Waals surface area (Å²) in [5.41, 5.74) is 0.951. The van der Waals surface area contributed by atoms with E-state index in [0.29, 0.717) is 17.1 Å². The van der Waals surface area contributed by atoms with Gasteiger partial charge in [0.05, 0.1) is 16.9 Å². The molecule has 0 saturated heterocycles. The van der Waals surface area contributed by atoms with Crippen molar-refractivity contribution in [2.75, 3.05) is 23.9 Å². The molecule has 26 heavy (non-hydrogen) atoms. The Morgan fingerprint density at radius 2 is 1.92 bits per heavy atom. The van der Waals surface area contributed by atoms with Crippen LogP contribution in [0.15, 0.2) is 42.5 Å². The molecule has 0 spiro atoms. The number of anilines is 2. The fraction of sp³-hybridized carbons (Fsp3) is 0.211. The highest BCUT2D eigenvalue weighted by Crippen LogP contribution is 2.38. The van der Waals surface area contributed by atoms with Crippen LogP contribution in [0.2, 0.25) is 0 Å². The Morgan fingerprint density at radius 3 is 2.69 bits per heavy atom. The molecule has 2 aromatic rings. The first kappa shape index (κ1) is 17.6. The fourth-order valence-corrected chi connectivity index (χ4v) is 2.67. The van der Waals surface area contributed by atoms with Crippen LogP contribution in [0.5, 0.6) is 5.75 Å². The summed E-state index contributed by atoms with van der Waals surface area (Å²) < 4.78 is 19.0. The van der Waals surface area contributed by atoms with E-state index in [9.17, 15) is 18.8 Å². The number of fused-ring (bicyclic) bond motifs is 1. The molecule has 0 fully saturated rings. The third kappa shape index (κ3) is 3.56. The lowest BCUT2D eigenvalue weighted by molar-refractivity contribution is -0.121. The van der Waals surface area contributed by atoms with E-state index in [-0.39, 0.29) is 30.9 Å². The van der Waals surface area contributed by atoms with E-state index >= 15 is 0 Å². The predicted octanol–water partition coefficient (Wildman–Crippen LogP) is 2.78. The molecule has 0 aromatic heterocycles. The quantitative estimate of drug-likeness (QED) is 0.836. The van der Waals surface area contributed by atoms with Gasteiger partial charge in [0, 0.05) is 19.9 Å². The van der Waals surface area contributed by atoms with Crippen molar-refractivity contribution in [3.8, 4) is 5.75 Å². The minimum absolute atomic E-state index is 0.0270. The minimum Gasteiger partial charge on any atom is -0.479 e. The Labute approximate surface area is 149 Å². The lowest BCUT2D eigenvalue weighted by atomic mass is 10.1. The normalized spacial score (nSPS) is 13.0. The highest BCUT2D eigenvalue weighted by Gasteiger charge is 2.25. The van der Waals surface area contributed by atoms with Crippen LogP contribution in [0.3, 0.4) is 0 Å². The molecule has 3 rings (SSSR count). The van der Waals surface area contributed by atoms with Crippen LogP contribution in [-0.2, 0) is 9.59 Å². The van der Waals surface area contributed by atoms with Gasteiger partial charge in [-0.3, -0.25) is 14.4 Å². The molecule has 7 heteroatoms. The number of ether oxygens (including phenoxy) is 1.